The standard InChI is InChI=1S/C25H28F7N3O/c1-14-9-18(26)5-6-20(14)21-13-19(33)7-8-35(21)22(36)34(4)23(2,3)15-10-16(24(27,28)29)12-17(11-15)25(30,31)32/h5-6,9-12,19,21H,7-8,13,33H2,1-4H3/t19-,21+/m0/s1. The zero-order valence-electron chi connectivity index (χ0n) is 20.3. The monoisotopic (exact) mass is 519 g/mol. The highest BCUT2D eigenvalue weighted by molar-refractivity contribution is 5.76. The predicted molar refractivity (Wildman–Crippen MR) is 120 cm³/mol. The van der Waals surface area contributed by atoms with Gasteiger partial charge in [-0.25, -0.2) is 9.18 Å². The number of nitrogens with zero attached hydrogens (tertiary/aromatic N) is 2. The molecule has 1 aliphatic rings. The fourth-order valence-electron chi connectivity index (χ4n) is 4.46. The Morgan fingerprint density at radius 3 is 2.00 bits per heavy atom. The molecular formula is C25H28F7N3O. The lowest BCUT2D eigenvalue weighted by Crippen LogP contribution is -2.54. The second kappa shape index (κ2) is 9.57. The van der Waals surface area contributed by atoms with E-state index in [1.807, 2.05) is 0 Å². The molecule has 0 radical (unpaired) electrons. The Labute approximate surface area is 204 Å². The van der Waals surface area contributed by atoms with Crippen LogP contribution in [0.4, 0.5) is 35.5 Å². The van der Waals surface area contributed by atoms with Gasteiger partial charge < -0.3 is 15.5 Å². The van der Waals surface area contributed by atoms with E-state index in [2.05, 4.69) is 0 Å². The number of rotatable bonds is 3. The smallest absolute Gasteiger partial charge is 0.328 e. The molecule has 11 heteroatoms. The summed E-state index contributed by atoms with van der Waals surface area (Å²) in [6.45, 7) is 4.68. The van der Waals surface area contributed by atoms with E-state index in [0.29, 0.717) is 36.1 Å². The summed E-state index contributed by atoms with van der Waals surface area (Å²) >= 11 is 0. The van der Waals surface area contributed by atoms with Gasteiger partial charge in [0.2, 0.25) is 0 Å². The van der Waals surface area contributed by atoms with Gasteiger partial charge in [-0.2, -0.15) is 26.3 Å². The average Bonchev–Trinajstić information content (AvgIpc) is 2.76. The zero-order valence-corrected chi connectivity index (χ0v) is 20.3. The minimum atomic E-state index is -5.01. The van der Waals surface area contributed by atoms with E-state index in [0.717, 1.165) is 4.90 Å². The molecule has 3 rings (SSSR count). The lowest BCUT2D eigenvalue weighted by Gasteiger charge is -2.45. The van der Waals surface area contributed by atoms with Crippen LogP contribution in [0.25, 0.3) is 0 Å². The Bertz CT molecular complexity index is 1100. The summed E-state index contributed by atoms with van der Waals surface area (Å²) in [6, 6.07) is 4.10. The summed E-state index contributed by atoms with van der Waals surface area (Å²) in [5.41, 5.74) is 2.64. The van der Waals surface area contributed by atoms with Crippen molar-refractivity contribution in [1.82, 2.24) is 9.80 Å². The molecule has 2 atom stereocenters. The zero-order chi connectivity index (χ0) is 27.2. The van der Waals surface area contributed by atoms with Crippen LogP contribution in [0.3, 0.4) is 0 Å². The number of carbonyl (C=O) groups is 1. The lowest BCUT2D eigenvalue weighted by molar-refractivity contribution is -0.143. The van der Waals surface area contributed by atoms with Gasteiger partial charge in [-0.3, -0.25) is 0 Å². The van der Waals surface area contributed by atoms with E-state index in [1.54, 1.807) is 13.0 Å². The number of urea groups is 1. The average molecular weight is 520 g/mol. The third-order valence-electron chi connectivity index (χ3n) is 6.90. The van der Waals surface area contributed by atoms with Crippen molar-refractivity contribution in [1.29, 1.82) is 0 Å². The first kappa shape index (κ1) is 27.8. The molecule has 1 heterocycles. The molecule has 1 saturated heterocycles. The van der Waals surface area contributed by atoms with Crippen molar-refractivity contribution in [3.8, 4) is 0 Å². The maximum atomic E-state index is 13.7. The molecule has 2 N–H and O–H groups in total. The molecule has 198 valence electrons. The van der Waals surface area contributed by atoms with Gasteiger partial charge >= 0.3 is 18.4 Å². The SMILES string of the molecule is Cc1cc(F)ccc1[C@H]1C[C@@H](N)CCN1C(=O)N(C)C(C)(C)c1cc(C(F)(F)F)cc(C(F)(F)F)c1. The summed E-state index contributed by atoms with van der Waals surface area (Å²) in [6.07, 6.45) is -9.20. The highest BCUT2D eigenvalue weighted by Gasteiger charge is 2.42. The van der Waals surface area contributed by atoms with Crippen LogP contribution >= 0.6 is 0 Å². The van der Waals surface area contributed by atoms with Gasteiger partial charge in [-0.05, 0) is 80.6 Å². The van der Waals surface area contributed by atoms with Crippen LogP contribution in [0.1, 0.15) is 60.5 Å². The number of aryl methyl sites for hydroxylation is 1. The molecule has 2 amide bonds. The van der Waals surface area contributed by atoms with E-state index in [-0.39, 0.29) is 24.2 Å². The van der Waals surface area contributed by atoms with E-state index < -0.39 is 46.9 Å². The van der Waals surface area contributed by atoms with Gasteiger partial charge in [0.25, 0.3) is 0 Å². The third kappa shape index (κ3) is 5.61. The number of hydrogen-bond donors (Lipinski definition) is 1. The van der Waals surface area contributed by atoms with E-state index in [4.69, 9.17) is 5.73 Å². The van der Waals surface area contributed by atoms with Crippen LogP contribution in [0, 0.1) is 12.7 Å². The van der Waals surface area contributed by atoms with Crippen molar-refractivity contribution in [2.75, 3.05) is 13.6 Å². The number of nitrogens with two attached hydrogens (primary N) is 1. The van der Waals surface area contributed by atoms with Crippen LogP contribution < -0.4 is 5.73 Å². The van der Waals surface area contributed by atoms with Crippen LogP contribution in [0.5, 0.6) is 0 Å². The minimum Gasteiger partial charge on any atom is -0.328 e. The van der Waals surface area contributed by atoms with Gasteiger partial charge in [0, 0.05) is 19.6 Å². The third-order valence-corrected chi connectivity index (χ3v) is 6.90. The molecule has 0 aromatic heterocycles. The minimum absolute atomic E-state index is 0.0563. The molecule has 0 bridgehead atoms. The highest BCUT2D eigenvalue weighted by Crippen LogP contribution is 2.41. The molecule has 0 aliphatic carbocycles. The van der Waals surface area contributed by atoms with Gasteiger partial charge in [0.05, 0.1) is 22.7 Å². The van der Waals surface area contributed by atoms with Crippen LogP contribution in [-0.4, -0.2) is 35.5 Å². The number of benzene rings is 2. The number of amides is 2. The summed E-state index contributed by atoms with van der Waals surface area (Å²) in [5.74, 6) is -0.447. The Balaban J connectivity index is 2.02. The fourth-order valence-corrected chi connectivity index (χ4v) is 4.46. The van der Waals surface area contributed by atoms with Crippen molar-refractivity contribution in [3.05, 3.63) is 70.0 Å². The van der Waals surface area contributed by atoms with Gasteiger partial charge in [-0.15, -0.1) is 0 Å². The Kier molecular flexibility index (Phi) is 7.38. The number of alkyl halides is 6. The Morgan fingerprint density at radius 1 is 0.972 bits per heavy atom. The molecule has 2 aromatic rings. The number of piperidine rings is 1. The first-order valence-corrected chi connectivity index (χ1v) is 11.3. The first-order valence-electron chi connectivity index (χ1n) is 11.3. The highest BCUT2D eigenvalue weighted by atomic mass is 19.4. The molecule has 36 heavy (non-hydrogen) atoms. The molecule has 1 aliphatic heterocycles. The van der Waals surface area contributed by atoms with Crippen molar-refractivity contribution < 1.29 is 35.5 Å². The molecule has 0 spiro atoms. The summed E-state index contributed by atoms with van der Waals surface area (Å²) in [4.78, 5) is 16.3. The van der Waals surface area contributed by atoms with Crippen molar-refractivity contribution >= 4 is 6.03 Å². The molecule has 0 saturated carbocycles. The van der Waals surface area contributed by atoms with Gasteiger partial charge in [-0.1, -0.05) is 6.07 Å². The van der Waals surface area contributed by atoms with E-state index in [9.17, 15) is 35.5 Å². The molecule has 2 aromatic carbocycles. The van der Waals surface area contributed by atoms with E-state index in [1.165, 1.54) is 37.9 Å². The van der Waals surface area contributed by atoms with Crippen LogP contribution in [-0.2, 0) is 17.9 Å². The largest absolute Gasteiger partial charge is 0.416 e. The predicted octanol–water partition coefficient (Wildman–Crippen LogP) is 6.62. The fraction of sp³-hybridized carbons (Fsp3) is 0.480. The maximum absolute atomic E-state index is 13.7. The normalized spacial score (nSPS) is 19.4. The van der Waals surface area contributed by atoms with Gasteiger partial charge in [0.15, 0.2) is 0 Å². The second-order valence-corrected chi connectivity index (χ2v) is 9.69. The Morgan fingerprint density at radius 2 is 1.50 bits per heavy atom. The molecule has 4 nitrogen and oxygen atoms in total. The summed E-state index contributed by atoms with van der Waals surface area (Å²) in [5, 5.41) is 0. The second-order valence-electron chi connectivity index (χ2n) is 9.69. The number of halogens is 7. The number of carbonyl (C=O) groups excluding carboxylic acids is 1. The van der Waals surface area contributed by atoms with Gasteiger partial charge in [0.1, 0.15) is 5.82 Å². The van der Waals surface area contributed by atoms with Crippen molar-refractivity contribution in [3.63, 3.8) is 0 Å². The topological polar surface area (TPSA) is 49.6 Å². The molecular weight excluding hydrogens is 491 g/mol. The summed E-state index contributed by atoms with van der Waals surface area (Å²) < 4.78 is 94.2. The summed E-state index contributed by atoms with van der Waals surface area (Å²) in [7, 11) is 1.33. The quantitative estimate of drug-likeness (QED) is 0.463. The maximum Gasteiger partial charge on any atom is 0.416 e. The lowest BCUT2D eigenvalue weighted by atomic mass is 9.88. The van der Waals surface area contributed by atoms with Crippen LogP contribution in [0.15, 0.2) is 36.4 Å². The molecule has 0 unspecified atom stereocenters. The van der Waals surface area contributed by atoms with Crippen molar-refractivity contribution in [2.45, 2.75) is 63.6 Å². The molecule has 1 fully saturated rings. The van der Waals surface area contributed by atoms with Crippen molar-refractivity contribution in [2.24, 2.45) is 5.73 Å². The number of hydrogen-bond acceptors (Lipinski definition) is 2. The number of likely N-dealkylation sites (tertiary alicyclic amines) is 1. The van der Waals surface area contributed by atoms with E-state index >= 15 is 0 Å². The van der Waals surface area contributed by atoms with Crippen LogP contribution in [0.2, 0.25) is 0 Å². The first-order chi connectivity index (χ1) is 16.4. The Hall–Kier alpha value is -2.82.